The average Bonchev–Trinajstić information content (AvgIpc) is 2.82. The summed E-state index contributed by atoms with van der Waals surface area (Å²) in [7, 11) is 2.08. The van der Waals surface area contributed by atoms with Crippen molar-refractivity contribution in [3.8, 4) is 0 Å². The number of nitrogens with one attached hydrogen (secondary N) is 1. The fraction of sp³-hybridized carbons (Fsp3) is 0.688. The van der Waals surface area contributed by atoms with Crippen LogP contribution in [0.25, 0.3) is 0 Å². The van der Waals surface area contributed by atoms with Gasteiger partial charge in [-0.15, -0.1) is 0 Å². The van der Waals surface area contributed by atoms with Crippen LogP contribution >= 0.6 is 11.6 Å². The number of ether oxygens (including phenoxy) is 1. The van der Waals surface area contributed by atoms with Crippen LogP contribution in [0.4, 0.5) is 5.82 Å². The van der Waals surface area contributed by atoms with Crippen molar-refractivity contribution in [3.63, 3.8) is 0 Å². The van der Waals surface area contributed by atoms with Gasteiger partial charge in [-0.25, -0.2) is 4.98 Å². The van der Waals surface area contributed by atoms with Crippen molar-refractivity contribution < 1.29 is 4.74 Å². The van der Waals surface area contributed by atoms with Crippen molar-refractivity contribution in [1.82, 2.24) is 10.3 Å². The van der Waals surface area contributed by atoms with Gasteiger partial charge in [0.15, 0.2) is 0 Å². The molecule has 2 heterocycles. The second-order valence-corrected chi connectivity index (χ2v) is 7.15. The molecule has 1 aliphatic heterocycles. The Kier molecular flexibility index (Phi) is 5.12. The van der Waals surface area contributed by atoms with Gasteiger partial charge >= 0.3 is 0 Å². The van der Waals surface area contributed by atoms with E-state index in [1.165, 1.54) is 0 Å². The maximum atomic E-state index is 6.27. The minimum absolute atomic E-state index is 0.0424. The summed E-state index contributed by atoms with van der Waals surface area (Å²) in [5.74, 6) is 0.951. The van der Waals surface area contributed by atoms with Crippen molar-refractivity contribution in [3.05, 3.63) is 22.8 Å². The topological polar surface area (TPSA) is 37.4 Å². The molecule has 0 radical (unpaired) electrons. The highest BCUT2D eigenvalue weighted by Crippen LogP contribution is 2.25. The number of hydrogen-bond acceptors (Lipinski definition) is 4. The van der Waals surface area contributed by atoms with E-state index in [9.17, 15) is 0 Å². The molecule has 21 heavy (non-hydrogen) atoms. The van der Waals surface area contributed by atoms with E-state index in [1.54, 1.807) is 0 Å². The molecule has 118 valence electrons. The summed E-state index contributed by atoms with van der Waals surface area (Å²) in [6.07, 6.45) is 1.28. The highest BCUT2D eigenvalue weighted by molar-refractivity contribution is 6.31. The van der Waals surface area contributed by atoms with Crippen molar-refractivity contribution in [2.45, 2.75) is 58.3 Å². The molecule has 0 spiro atoms. The van der Waals surface area contributed by atoms with Crippen LogP contribution < -0.4 is 10.2 Å². The van der Waals surface area contributed by atoms with E-state index in [4.69, 9.17) is 21.3 Å². The molecule has 1 fully saturated rings. The molecule has 0 amide bonds. The fourth-order valence-electron chi connectivity index (χ4n) is 2.54. The SMILES string of the molecule is CC1OCCC1N(C)c1ccc(Cl)c(CNC(C)(C)C)n1. The van der Waals surface area contributed by atoms with Crippen molar-refractivity contribution in [2.75, 3.05) is 18.6 Å². The Morgan fingerprint density at radius 1 is 1.43 bits per heavy atom. The molecule has 4 nitrogen and oxygen atoms in total. The molecule has 2 unspecified atom stereocenters. The first kappa shape index (κ1) is 16.5. The van der Waals surface area contributed by atoms with Crippen LogP contribution in [0.2, 0.25) is 5.02 Å². The van der Waals surface area contributed by atoms with Gasteiger partial charge in [0.1, 0.15) is 5.82 Å². The van der Waals surface area contributed by atoms with Gasteiger partial charge in [0, 0.05) is 25.7 Å². The number of aromatic nitrogens is 1. The fourth-order valence-corrected chi connectivity index (χ4v) is 2.71. The minimum atomic E-state index is 0.0424. The average molecular weight is 312 g/mol. The van der Waals surface area contributed by atoms with E-state index >= 15 is 0 Å². The van der Waals surface area contributed by atoms with Gasteiger partial charge in [0.2, 0.25) is 0 Å². The number of halogens is 1. The molecule has 5 heteroatoms. The van der Waals surface area contributed by atoms with Crippen LogP contribution in [-0.4, -0.2) is 36.3 Å². The number of nitrogens with zero attached hydrogens (tertiary/aromatic N) is 2. The number of rotatable bonds is 4. The lowest BCUT2D eigenvalue weighted by Crippen LogP contribution is -2.38. The van der Waals surface area contributed by atoms with E-state index in [0.717, 1.165) is 24.5 Å². The Balaban J connectivity index is 2.14. The van der Waals surface area contributed by atoms with Gasteiger partial charge in [-0.1, -0.05) is 11.6 Å². The second-order valence-electron chi connectivity index (χ2n) is 6.74. The first-order valence-corrected chi connectivity index (χ1v) is 7.90. The zero-order chi connectivity index (χ0) is 15.6. The van der Waals surface area contributed by atoms with Gasteiger partial charge in [0.25, 0.3) is 0 Å². The van der Waals surface area contributed by atoms with Crippen LogP contribution in [-0.2, 0) is 11.3 Å². The first-order chi connectivity index (χ1) is 9.78. The zero-order valence-corrected chi connectivity index (χ0v) is 14.4. The van der Waals surface area contributed by atoms with Crippen LogP contribution in [0.3, 0.4) is 0 Å². The largest absolute Gasteiger partial charge is 0.376 e. The Morgan fingerprint density at radius 3 is 2.71 bits per heavy atom. The predicted octanol–water partition coefficient (Wildman–Crippen LogP) is 3.24. The molecule has 0 aliphatic carbocycles. The molecule has 1 N–H and O–H groups in total. The number of pyridine rings is 1. The lowest BCUT2D eigenvalue weighted by atomic mass is 10.1. The first-order valence-electron chi connectivity index (χ1n) is 7.53. The lowest BCUT2D eigenvalue weighted by molar-refractivity contribution is 0.118. The van der Waals surface area contributed by atoms with Gasteiger partial charge in [-0.3, -0.25) is 0 Å². The summed E-state index contributed by atoms with van der Waals surface area (Å²) in [5, 5.41) is 4.14. The van der Waals surface area contributed by atoms with Gasteiger partial charge in [0.05, 0.1) is 22.9 Å². The maximum Gasteiger partial charge on any atom is 0.129 e. The third-order valence-electron chi connectivity index (χ3n) is 3.89. The molecular weight excluding hydrogens is 286 g/mol. The monoisotopic (exact) mass is 311 g/mol. The van der Waals surface area contributed by atoms with Gasteiger partial charge in [-0.2, -0.15) is 0 Å². The highest BCUT2D eigenvalue weighted by Gasteiger charge is 2.28. The summed E-state index contributed by atoms with van der Waals surface area (Å²) in [4.78, 5) is 6.93. The molecule has 1 aromatic heterocycles. The van der Waals surface area contributed by atoms with Gasteiger partial charge < -0.3 is 15.0 Å². The zero-order valence-electron chi connectivity index (χ0n) is 13.6. The number of likely N-dealkylation sites (N-methyl/N-ethyl adjacent to an activating group) is 1. The Hall–Kier alpha value is -0.840. The van der Waals surface area contributed by atoms with Crippen LogP contribution in [0.15, 0.2) is 12.1 Å². The summed E-state index contributed by atoms with van der Waals surface area (Å²) in [6, 6.07) is 4.29. The summed E-state index contributed by atoms with van der Waals surface area (Å²) < 4.78 is 5.65. The third-order valence-corrected chi connectivity index (χ3v) is 4.23. The van der Waals surface area contributed by atoms with Gasteiger partial charge in [-0.05, 0) is 46.2 Å². The summed E-state index contributed by atoms with van der Waals surface area (Å²) in [6.45, 7) is 10.0. The summed E-state index contributed by atoms with van der Waals surface area (Å²) in [5.41, 5.74) is 0.934. The molecule has 2 rings (SSSR count). The second kappa shape index (κ2) is 6.51. The lowest BCUT2D eigenvalue weighted by Gasteiger charge is -2.28. The molecule has 0 saturated carbocycles. The van der Waals surface area contributed by atoms with E-state index in [-0.39, 0.29) is 11.6 Å². The van der Waals surface area contributed by atoms with E-state index in [1.807, 2.05) is 12.1 Å². The third kappa shape index (κ3) is 4.31. The smallest absolute Gasteiger partial charge is 0.129 e. The molecule has 1 aliphatic rings. The quantitative estimate of drug-likeness (QED) is 0.926. The van der Waals surface area contributed by atoms with Crippen molar-refractivity contribution >= 4 is 17.4 Å². The minimum Gasteiger partial charge on any atom is -0.376 e. The molecule has 1 aromatic rings. The number of hydrogen-bond donors (Lipinski definition) is 1. The highest BCUT2D eigenvalue weighted by atomic mass is 35.5. The van der Waals surface area contributed by atoms with E-state index in [2.05, 4.69) is 45.0 Å². The molecule has 0 bridgehead atoms. The van der Waals surface area contributed by atoms with Crippen LogP contribution in [0.5, 0.6) is 0 Å². The predicted molar refractivity (Wildman–Crippen MR) is 88.1 cm³/mol. The Bertz CT molecular complexity index is 487. The van der Waals surface area contributed by atoms with Crippen molar-refractivity contribution in [2.24, 2.45) is 0 Å². The van der Waals surface area contributed by atoms with Crippen LogP contribution in [0, 0.1) is 0 Å². The molecule has 1 saturated heterocycles. The Labute approximate surface area is 132 Å². The maximum absolute atomic E-state index is 6.27. The number of anilines is 1. The normalized spacial score (nSPS) is 22.6. The van der Waals surface area contributed by atoms with E-state index in [0.29, 0.717) is 17.6 Å². The molecule has 2 atom stereocenters. The molecule has 0 aromatic carbocycles. The van der Waals surface area contributed by atoms with Crippen LogP contribution in [0.1, 0.15) is 39.8 Å². The van der Waals surface area contributed by atoms with E-state index < -0.39 is 0 Å². The Morgan fingerprint density at radius 2 is 2.14 bits per heavy atom. The summed E-state index contributed by atoms with van der Waals surface area (Å²) >= 11 is 6.27. The standard InChI is InChI=1S/C16H26ClN3O/c1-11-14(8-9-21-11)20(5)15-7-6-12(17)13(19-15)10-18-16(2,3)4/h6-7,11,14,18H,8-10H2,1-5H3. The van der Waals surface area contributed by atoms with Crippen molar-refractivity contribution in [1.29, 1.82) is 0 Å². The molecular formula is C16H26ClN3O.